The third kappa shape index (κ3) is 3.96. The first-order valence-corrected chi connectivity index (χ1v) is 8.62. The number of halogens is 1. The molecule has 0 bridgehead atoms. The van der Waals surface area contributed by atoms with Crippen molar-refractivity contribution in [3.63, 3.8) is 0 Å². The molecular formula is C17H22ClN3O2. The zero-order valence-electron chi connectivity index (χ0n) is 13.1. The molecule has 124 valence electrons. The summed E-state index contributed by atoms with van der Waals surface area (Å²) in [5, 5.41) is 3.66. The van der Waals surface area contributed by atoms with Gasteiger partial charge in [0, 0.05) is 36.8 Å². The van der Waals surface area contributed by atoms with E-state index in [1.165, 1.54) is 12.8 Å². The molecule has 1 aromatic rings. The Labute approximate surface area is 141 Å². The summed E-state index contributed by atoms with van der Waals surface area (Å²) in [6.45, 7) is 2.14. The molecular weight excluding hydrogens is 314 g/mol. The minimum atomic E-state index is -0.131. The molecule has 1 aromatic carbocycles. The van der Waals surface area contributed by atoms with Gasteiger partial charge in [-0.3, -0.25) is 4.79 Å². The summed E-state index contributed by atoms with van der Waals surface area (Å²) in [6.07, 6.45) is 4.86. The average Bonchev–Trinajstić information content (AvgIpc) is 2.76. The molecule has 2 saturated heterocycles. The molecule has 0 saturated carbocycles. The van der Waals surface area contributed by atoms with Gasteiger partial charge in [-0.2, -0.15) is 0 Å². The number of likely N-dealkylation sites (tertiary alicyclic amines) is 1. The number of benzene rings is 1. The van der Waals surface area contributed by atoms with Gasteiger partial charge in [0.1, 0.15) is 0 Å². The first-order chi connectivity index (χ1) is 11.1. The van der Waals surface area contributed by atoms with Crippen LogP contribution in [0.1, 0.15) is 32.1 Å². The first kappa shape index (κ1) is 16.1. The molecule has 3 rings (SSSR count). The van der Waals surface area contributed by atoms with E-state index in [2.05, 4.69) is 5.32 Å². The number of nitrogens with zero attached hydrogens (tertiary/aromatic N) is 2. The van der Waals surface area contributed by atoms with Gasteiger partial charge in [-0.1, -0.05) is 24.4 Å². The van der Waals surface area contributed by atoms with Crippen molar-refractivity contribution in [2.24, 2.45) is 0 Å². The molecule has 1 atom stereocenters. The molecule has 0 radical (unpaired) electrons. The highest BCUT2D eigenvalue weighted by Crippen LogP contribution is 2.23. The van der Waals surface area contributed by atoms with E-state index in [0.717, 1.165) is 31.6 Å². The van der Waals surface area contributed by atoms with Gasteiger partial charge >= 0.3 is 6.03 Å². The number of carbonyl (C=O) groups is 2. The highest BCUT2D eigenvalue weighted by Gasteiger charge is 2.32. The standard InChI is InChI=1S/C17H22ClN3O2/c18-13-5-7-15(8-6-13)21-12-14(11-16(21)22)19-17(23)20-9-3-1-2-4-10-20/h5-8,14H,1-4,9-12H2,(H,19,23). The van der Waals surface area contributed by atoms with Gasteiger partial charge in [-0.15, -0.1) is 0 Å². The lowest BCUT2D eigenvalue weighted by atomic mass is 10.2. The van der Waals surface area contributed by atoms with E-state index in [4.69, 9.17) is 11.6 Å². The van der Waals surface area contributed by atoms with Crippen LogP contribution in [0.3, 0.4) is 0 Å². The third-order valence-electron chi connectivity index (χ3n) is 4.48. The Morgan fingerprint density at radius 1 is 1.09 bits per heavy atom. The lowest BCUT2D eigenvalue weighted by Gasteiger charge is -2.23. The summed E-state index contributed by atoms with van der Waals surface area (Å²) in [7, 11) is 0. The monoisotopic (exact) mass is 335 g/mol. The van der Waals surface area contributed by atoms with Crippen LogP contribution in [-0.4, -0.2) is 42.5 Å². The molecule has 1 N–H and O–H groups in total. The van der Waals surface area contributed by atoms with Crippen molar-refractivity contribution < 1.29 is 9.59 Å². The van der Waals surface area contributed by atoms with Crippen molar-refractivity contribution in [2.75, 3.05) is 24.5 Å². The van der Waals surface area contributed by atoms with Crippen LogP contribution < -0.4 is 10.2 Å². The number of rotatable bonds is 2. The van der Waals surface area contributed by atoms with Crippen LogP contribution in [0.25, 0.3) is 0 Å². The summed E-state index contributed by atoms with van der Waals surface area (Å²) < 4.78 is 0. The Bertz CT molecular complexity index is 568. The van der Waals surface area contributed by atoms with Crippen LogP contribution in [0.2, 0.25) is 5.02 Å². The minimum Gasteiger partial charge on any atom is -0.333 e. The van der Waals surface area contributed by atoms with E-state index in [1.807, 2.05) is 17.0 Å². The Morgan fingerprint density at radius 3 is 2.39 bits per heavy atom. The maximum Gasteiger partial charge on any atom is 0.317 e. The maximum atomic E-state index is 12.4. The Hall–Kier alpha value is -1.75. The second-order valence-electron chi connectivity index (χ2n) is 6.23. The van der Waals surface area contributed by atoms with Crippen molar-refractivity contribution in [1.29, 1.82) is 0 Å². The smallest absolute Gasteiger partial charge is 0.317 e. The second kappa shape index (κ2) is 7.21. The highest BCUT2D eigenvalue weighted by molar-refractivity contribution is 6.30. The Kier molecular flexibility index (Phi) is 5.06. The topological polar surface area (TPSA) is 52.7 Å². The van der Waals surface area contributed by atoms with Crippen LogP contribution in [0.5, 0.6) is 0 Å². The van der Waals surface area contributed by atoms with Gasteiger partial charge in [-0.05, 0) is 37.1 Å². The molecule has 2 aliphatic rings. The molecule has 6 heteroatoms. The number of hydrogen-bond donors (Lipinski definition) is 1. The maximum absolute atomic E-state index is 12.4. The summed E-state index contributed by atoms with van der Waals surface area (Å²) in [6, 6.07) is 7.04. The van der Waals surface area contributed by atoms with Gasteiger partial charge in [0.2, 0.25) is 5.91 Å². The molecule has 0 aromatic heterocycles. The summed E-state index contributed by atoms with van der Waals surface area (Å²) in [5.74, 6) is 0.0356. The normalized spacial score (nSPS) is 22.1. The van der Waals surface area contributed by atoms with Crippen molar-refractivity contribution >= 4 is 29.2 Å². The number of anilines is 1. The van der Waals surface area contributed by atoms with Crippen LogP contribution in [0.4, 0.5) is 10.5 Å². The lowest BCUT2D eigenvalue weighted by molar-refractivity contribution is -0.117. The van der Waals surface area contributed by atoms with Crippen molar-refractivity contribution in [3.8, 4) is 0 Å². The molecule has 2 fully saturated rings. The summed E-state index contributed by atoms with van der Waals surface area (Å²) in [4.78, 5) is 28.2. The van der Waals surface area contributed by atoms with Crippen molar-refractivity contribution in [2.45, 2.75) is 38.1 Å². The first-order valence-electron chi connectivity index (χ1n) is 8.25. The SMILES string of the molecule is O=C(NC1CC(=O)N(c2ccc(Cl)cc2)C1)N1CCCCCC1. The molecule has 0 aliphatic carbocycles. The number of carbonyl (C=O) groups excluding carboxylic acids is 2. The van der Waals surface area contributed by atoms with E-state index in [9.17, 15) is 9.59 Å². The van der Waals surface area contributed by atoms with Crippen LogP contribution in [0.15, 0.2) is 24.3 Å². The lowest BCUT2D eigenvalue weighted by Crippen LogP contribution is -2.46. The quantitative estimate of drug-likeness (QED) is 0.903. The highest BCUT2D eigenvalue weighted by atomic mass is 35.5. The predicted molar refractivity (Wildman–Crippen MR) is 90.8 cm³/mol. The van der Waals surface area contributed by atoms with Crippen LogP contribution >= 0.6 is 11.6 Å². The van der Waals surface area contributed by atoms with E-state index in [0.29, 0.717) is 18.0 Å². The molecule has 2 aliphatic heterocycles. The molecule has 0 spiro atoms. The minimum absolute atomic E-state index is 0.0356. The zero-order valence-corrected chi connectivity index (χ0v) is 13.9. The fourth-order valence-electron chi connectivity index (χ4n) is 3.21. The largest absolute Gasteiger partial charge is 0.333 e. The Morgan fingerprint density at radius 2 is 1.74 bits per heavy atom. The number of amides is 3. The van der Waals surface area contributed by atoms with E-state index >= 15 is 0 Å². The van der Waals surface area contributed by atoms with Gasteiger partial charge in [0.25, 0.3) is 0 Å². The van der Waals surface area contributed by atoms with E-state index in [1.54, 1.807) is 17.0 Å². The molecule has 2 heterocycles. The summed E-state index contributed by atoms with van der Waals surface area (Å²) >= 11 is 5.89. The number of urea groups is 1. The van der Waals surface area contributed by atoms with Gasteiger partial charge in [0.15, 0.2) is 0 Å². The Balaban J connectivity index is 1.58. The number of hydrogen-bond acceptors (Lipinski definition) is 2. The molecule has 3 amide bonds. The average molecular weight is 336 g/mol. The van der Waals surface area contributed by atoms with Crippen molar-refractivity contribution in [3.05, 3.63) is 29.3 Å². The fraction of sp³-hybridized carbons (Fsp3) is 0.529. The van der Waals surface area contributed by atoms with Crippen LogP contribution in [-0.2, 0) is 4.79 Å². The molecule has 5 nitrogen and oxygen atoms in total. The third-order valence-corrected chi connectivity index (χ3v) is 4.74. The van der Waals surface area contributed by atoms with Crippen LogP contribution in [0, 0.1) is 0 Å². The van der Waals surface area contributed by atoms with Gasteiger partial charge in [-0.25, -0.2) is 4.79 Å². The fourth-order valence-corrected chi connectivity index (χ4v) is 3.34. The van der Waals surface area contributed by atoms with Crippen molar-refractivity contribution in [1.82, 2.24) is 10.2 Å². The predicted octanol–water partition coefficient (Wildman–Crippen LogP) is 3.03. The molecule has 1 unspecified atom stereocenters. The summed E-state index contributed by atoms with van der Waals surface area (Å²) in [5.41, 5.74) is 0.825. The van der Waals surface area contributed by atoms with E-state index in [-0.39, 0.29) is 18.0 Å². The van der Waals surface area contributed by atoms with Gasteiger partial charge < -0.3 is 15.1 Å². The van der Waals surface area contributed by atoms with Gasteiger partial charge in [0.05, 0.1) is 6.04 Å². The zero-order chi connectivity index (χ0) is 16.2. The second-order valence-corrected chi connectivity index (χ2v) is 6.67. The number of nitrogens with one attached hydrogen (secondary N) is 1. The van der Waals surface area contributed by atoms with E-state index < -0.39 is 0 Å². The molecule has 23 heavy (non-hydrogen) atoms.